The van der Waals surface area contributed by atoms with Gasteiger partial charge in [-0.3, -0.25) is 4.79 Å². The Labute approximate surface area is 186 Å². The van der Waals surface area contributed by atoms with Crippen LogP contribution in [0, 0.1) is 12.8 Å². The number of benzene rings is 2. The van der Waals surface area contributed by atoms with Crippen LogP contribution in [0.25, 0.3) is 21.3 Å². The van der Waals surface area contributed by atoms with Gasteiger partial charge in [0, 0.05) is 37.7 Å². The number of carbonyl (C=O) groups is 1. The molecule has 2 saturated heterocycles. The molecule has 7 heteroatoms. The molecule has 2 atom stereocenters. The zero-order valence-corrected chi connectivity index (χ0v) is 18.7. The van der Waals surface area contributed by atoms with E-state index in [0.29, 0.717) is 13.0 Å². The van der Waals surface area contributed by atoms with Crippen molar-refractivity contribution < 1.29 is 14.3 Å². The monoisotopic (exact) mass is 437 g/mol. The SMILES string of the molecule is Cc1nc2cc(-c3ccc(N4CCOCC4)cc3)cc(OC(C)C3CNC(=O)C3)c2s1. The summed E-state index contributed by atoms with van der Waals surface area (Å²) in [6, 6.07) is 12.9. The average Bonchev–Trinajstić information content (AvgIpc) is 3.39. The summed E-state index contributed by atoms with van der Waals surface area (Å²) in [5, 5.41) is 3.93. The number of aromatic nitrogens is 1. The van der Waals surface area contributed by atoms with E-state index in [1.54, 1.807) is 11.3 Å². The molecular formula is C24H27N3O3S. The highest BCUT2D eigenvalue weighted by Gasteiger charge is 2.28. The molecule has 0 aliphatic carbocycles. The molecule has 0 saturated carbocycles. The first kappa shape index (κ1) is 20.3. The number of anilines is 1. The number of ether oxygens (including phenoxy) is 2. The van der Waals surface area contributed by atoms with E-state index < -0.39 is 0 Å². The number of nitrogens with zero attached hydrogens (tertiary/aromatic N) is 2. The van der Waals surface area contributed by atoms with Gasteiger partial charge in [-0.1, -0.05) is 12.1 Å². The standard InChI is InChI=1S/C24H27N3O3S/c1-15(19-13-23(28)25-14-19)30-22-12-18(11-21-24(22)31-16(2)26-21)17-3-5-20(6-4-17)27-7-9-29-10-8-27/h3-6,11-12,15,19H,7-10,13-14H2,1-2H3,(H,25,28). The van der Waals surface area contributed by atoms with Crippen molar-refractivity contribution in [1.82, 2.24) is 10.3 Å². The fourth-order valence-corrected chi connectivity index (χ4v) is 5.17. The van der Waals surface area contributed by atoms with Gasteiger partial charge in [0.2, 0.25) is 5.91 Å². The van der Waals surface area contributed by atoms with Crippen LogP contribution in [0.4, 0.5) is 5.69 Å². The van der Waals surface area contributed by atoms with Crippen LogP contribution in [0.5, 0.6) is 5.75 Å². The van der Waals surface area contributed by atoms with Gasteiger partial charge >= 0.3 is 0 Å². The minimum Gasteiger partial charge on any atom is -0.489 e. The van der Waals surface area contributed by atoms with E-state index in [2.05, 4.69) is 53.5 Å². The first-order valence-corrected chi connectivity index (χ1v) is 11.7. The molecule has 1 amide bonds. The van der Waals surface area contributed by atoms with Gasteiger partial charge in [-0.15, -0.1) is 11.3 Å². The Morgan fingerprint density at radius 2 is 1.97 bits per heavy atom. The van der Waals surface area contributed by atoms with Gasteiger partial charge in [0.25, 0.3) is 0 Å². The van der Waals surface area contributed by atoms with Gasteiger partial charge in [0.1, 0.15) is 11.9 Å². The van der Waals surface area contributed by atoms with E-state index in [-0.39, 0.29) is 17.9 Å². The number of morpholine rings is 1. The highest BCUT2D eigenvalue weighted by Crippen LogP contribution is 2.37. The molecule has 2 aliphatic rings. The second-order valence-electron chi connectivity index (χ2n) is 8.29. The van der Waals surface area contributed by atoms with Gasteiger partial charge < -0.3 is 19.7 Å². The fourth-order valence-electron chi connectivity index (χ4n) is 4.31. The molecule has 1 N–H and O–H groups in total. The number of hydrogen-bond acceptors (Lipinski definition) is 6. The van der Waals surface area contributed by atoms with Crippen LogP contribution in [0.3, 0.4) is 0 Å². The van der Waals surface area contributed by atoms with E-state index in [1.165, 1.54) is 5.69 Å². The molecule has 3 aromatic rings. The summed E-state index contributed by atoms with van der Waals surface area (Å²) in [5.41, 5.74) is 4.41. The van der Waals surface area contributed by atoms with Crippen molar-refractivity contribution in [1.29, 1.82) is 0 Å². The Balaban J connectivity index is 1.44. The van der Waals surface area contributed by atoms with Crippen LogP contribution in [0.1, 0.15) is 18.4 Å². The number of rotatable bonds is 5. The van der Waals surface area contributed by atoms with Gasteiger partial charge in [-0.25, -0.2) is 4.98 Å². The molecule has 0 spiro atoms. The predicted molar refractivity (Wildman–Crippen MR) is 124 cm³/mol. The quantitative estimate of drug-likeness (QED) is 0.653. The lowest BCUT2D eigenvalue weighted by molar-refractivity contribution is -0.119. The second kappa shape index (κ2) is 8.48. The van der Waals surface area contributed by atoms with E-state index in [0.717, 1.165) is 58.4 Å². The number of aryl methyl sites for hydroxylation is 1. The summed E-state index contributed by atoms with van der Waals surface area (Å²) in [5.74, 6) is 1.14. The molecule has 2 fully saturated rings. The maximum absolute atomic E-state index is 11.6. The molecule has 162 valence electrons. The minimum atomic E-state index is -0.0523. The number of carbonyl (C=O) groups excluding carboxylic acids is 1. The maximum atomic E-state index is 11.6. The van der Waals surface area contributed by atoms with Gasteiger partial charge in [-0.05, 0) is 49.2 Å². The van der Waals surface area contributed by atoms with E-state index in [4.69, 9.17) is 14.5 Å². The highest BCUT2D eigenvalue weighted by atomic mass is 32.1. The molecule has 0 radical (unpaired) electrons. The Morgan fingerprint density at radius 1 is 1.19 bits per heavy atom. The van der Waals surface area contributed by atoms with Crippen LogP contribution in [0.15, 0.2) is 36.4 Å². The Bertz CT molecular complexity index is 1090. The van der Waals surface area contributed by atoms with Crippen molar-refractivity contribution in [2.75, 3.05) is 37.7 Å². The highest BCUT2D eigenvalue weighted by molar-refractivity contribution is 7.18. The van der Waals surface area contributed by atoms with E-state index in [9.17, 15) is 4.79 Å². The normalized spacial score (nSPS) is 20.1. The first-order chi connectivity index (χ1) is 15.1. The summed E-state index contributed by atoms with van der Waals surface area (Å²) in [7, 11) is 0. The van der Waals surface area contributed by atoms with Gasteiger partial charge in [-0.2, -0.15) is 0 Å². The van der Waals surface area contributed by atoms with Gasteiger partial charge in [0.15, 0.2) is 0 Å². The van der Waals surface area contributed by atoms with Crippen molar-refractivity contribution in [2.24, 2.45) is 5.92 Å². The minimum absolute atomic E-state index is 0.0523. The van der Waals surface area contributed by atoms with E-state index >= 15 is 0 Å². The third-order valence-electron chi connectivity index (χ3n) is 6.13. The molecule has 6 nitrogen and oxygen atoms in total. The average molecular weight is 438 g/mol. The Hall–Kier alpha value is -2.64. The van der Waals surface area contributed by atoms with Gasteiger partial charge in [0.05, 0.1) is 28.4 Å². The van der Waals surface area contributed by atoms with Crippen molar-refractivity contribution in [3.63, 3.8) is 0 Å². The molecule has 31 heavy (non-hydrogen) atoms. The topological polar surface area (TPSA) is 63.7 Å². The zero-order chi connectivity index (χ0) is 21.4. The van der Waals surface area contributed by atoms with Crippen LogP contribution in [-0.2, 0) is 9.53 Å². The number of hydrogen-bond donors (Lipinski definition) is 1. The second-order valence-corrected chi connectivity index (χ2v) is 9.50. The third-order valence-corrected chi connectivity index (χ3v) is 7.13. The fraction of sp³-hybridized carbons (Fsp3) is 0.417. The summed E-state index contributed by atoms with van der Waals surface area (Å²) >= 11 is 1.65. The lowest BCUT2D eigenvalue weighted by atomic mass is 10.0. The zero-order valence-electron chi connectivity index (χ0n) is 17.9. The van der Waals surface area contributed by atoms with E-state index in [1.807, 2.05) is 6.92 Å². The number of amides is 1. The summed E-state index contributed by atoms with van der Waals surface area (Å²) in [4.78, 5) is 18.7. The molecule has 2 aromatic carbocycles. The lowest BCUT2D eigenvalue weighted by Gasteiger charge is -2.29. The maximum Gasteiger partial charge on any atom is 0.220 e. The number of nitrogens with one attached hydrogen (secondary N) is 1. The van der Waals surface area contributed by atoms with Crippen LogP contribution >= 0.6 is 11.3 Å². The smallest absolute Gasteiger partial charge is 0.220 e. The number of fused-ring (bicyclic) bond motifs is 1. The molecule has 2 unspecified atom stereocenters. The Kier molecular flexibility index (Phi) is 5.54. The van der Waals surface area contributed by atoms with Crippen LogP contribution in [0.2, 0.25) is 0 Å². The van der Waals surface area contributed by atoms with Crippen LogP contribution in [-0.4, -0.2) is 49.8 Å². The largest absolute Gasteiger partial charge is 0.489 e. The molecule has 3 heterocycles. The van der Waals surface area contributed by atoms with Crippen molar-refractivity contribution in [3.8, 4) is 16.9 Å². The summed E-state index contributed by atoms with van der Waals surface area (Å²) < 4.78 is 12.9. The summed E-state index contributed by atoms with van der Waals surface area (Å²) in [6.45, 7) is 8.16. The van der Waals surface area contributed by atoms with Crippen LogP contribution < -0.4 is 15.0 Å². The molecule has 5 rings (SSSR count). The Morgan fingerprint density at radius 3 is 2.68 bits per heavy atom. The summed E-state index contributed by atoms with van der Waals surface area (Å²) in [6.07, 6.45) is 0.470. The first-order valence-electron chi connectivity index (χ1n) is 10.8. The predicted octanol–water partition coefficient (Wildman–Crippen LogP) is 4.01. The molecule has 2 aliphatic heterocycles. The van der Waals surface area contributed by atoms with Crippen molar-refractivity contribution in [3.05, 3.63) is 41.4 Å². The van der Waals surface area contributed by atoms with Crippen molar-refractivity contribution >= 4 is 33.1 Å². The molecule has 0 bridgehead atoms. The van der Waals surface area contributed by atoms with Crippen molar-refractivity contribution in [2.45, 2.75) is 26.4 Å². The molecule has 1 aromatic heterocycles. The lowest BCUT2D eigenvalue weighted by Crippen LogP contribution is -2.36. The number of thiazole rings is 1. The molecular weight excluding hydrogens is 410 g/mol. The third kappa shape index (κ3) is 4.25.